The molecule has 0 saturated carbocycles. The van der Waals surface area contributed by atoms with E-state index in [4.69, 9.17) is 9.84 Å². The van der Waals surface area contributed by atoms with Crippen molar-refractivity contribution in [3.05, 3.63) is 64.2 Å². The highest BCUT2D eigenvalue weighted by Crippen LogP contribution is 2.40. The van der Waals surface area contributed by atoms with Crippen LogP contribution in [0.25, 0.3) is 0 Å². The highest BCUT2D eigenvalue weighted by molar-refractivity contribution is 5.72. The van der Waals surface area contributed by atoms with E-state index in [0.29, 0.717) is 38.3 Å². The summed E-state index contributed by atoms with van der Waals surface area (Å²) in [7, 11) is 0. The monoisotopic (exact) mass is 504 g/mol. The van der Waals surface area contributed by atoms with E-state index in [1.807, 2.05) is 4.90 Å². The summed E-state index contributed by atoms with van der Waals surface area (Å²) in [4.78, 5) is 15.1. The van der Waals surface area contributed by atoms with Gasteiger partial charge < -0.3 is 9.84 Å². The van der Waals surface area contributed by atoms with Gasteiger partial charge in [0.05, 0.1) is 11.1 Å². The van der Waals surface area contributed by atoms with Crippen molar-refractivity contribution in [2.24, 2.45) is 0 Å². The molecule has 192 valence electrons. The number of carboxylic acids is 1. The molecule has 35 heavy (non-hydrogen) atoms. The molecule has 2 aromatic rings. The molecule has 1 aliphatic heterocycles. The Morgan fingerprint density at radius 3 is 1.89 bits per heavy atom. The Balaban J connectivity index is 1.63. The maximum absolute atomic E-state index is 13.7. The summed E-state index contributed by atoms with van der Waals surface area (Å²) in [6.07, 6.45) is -10.5. The number of halogens is 6. The van der Waals surface area contributed by atoms with Gasteiger partial charge in [-0.15, -0.1) is 0 Å². The fraction of sp³-hybridized carbons (Fsp3) is 0.458. The number of aliphatic carboxylic acids is 1. The first-order valence-corrected chi connectivity index (χ1v) is 10.9. The number of rotatable bonds is 7. The summed E-state index contributed by atoms with van der Waals surface area (Å²) in [5.74, 6) is -1.85. The molecule has 1 saturated heterocycles. The number of benzene rings is 2. The van der Waals surface area contributed by atoms with Gasteiger partial charge in [-0.3, -0.25) is 9.80 Å². The Hall–Kier alpha value is -2.79. The van der Waals surface area contributed by atoms with Gasteiger partial charge in [0, 0.05) is 39.3 Å². The van der Waals surface area contributed by atoms with E-state index in [9.17, 15) is 31.1 Å². The molecule has 1 fully saturated rings. The summed E-state index contributed by atoms with van der Waals surface area (Å²) in [6.45, 7) is 5.76. The van der Waals surface area contributed by atoms with Gasteiger partial charge >= 0.3 is 18.3 Å². The van der Waals surface area contributed by atoms with Gasteiger partial charge in [0.2, 0.25) is 0 Å². The van der Waals surface area contributed by atoms with Crippen LogP contribution in [0.15, 0.2) is 36.4 Å². The van der Waals surface area contributed by atoms with Gasteiger partial charge in [-0.05, 0) is 48.7 Å². The molecule has 1 heterocycles. The molecule has 0 amide bonds. The average Bonchev–Trinajstić information content (AvgIpc) is 2.75. The molecule has 0 spiro atoms. The van der Waals surface area contributed by atoms with Gasteiger partial charge in [-0.1, -0.05) is 18.2 Å². The van der Waals surface area contributed by atoms with Crippen LogP contribution in [-0.2, 0) is 30.2 Å². The van der Waals surface area contributed by atoms with E-state index >= 15 is 0 Å². The van der Waals surface area contributed by atoms with Crippen LogP contribution in [0.3, 0.4) is 0 Å². The maximum Gasteiger partial charge on any atom is 0.419 e. The maximum atomic E-state index is 13.7. The first kappa shape index (κ1) is 26.8. The van der Waals surface area contributed by atoms with Crippen molar-refractivity contribution in [1.29, 1.82) is 0 Å². The van der Waals surface area contributed by atoms with Crippen LogP contribution in [0.2, 0.25) is 0 Å². The Kier molecular flexibility index (Phi) is 8.00. The van der Waals surface area contributed by atoms with Crippen LogP contribution in [0.5, 0.6) is 5.75 Å². The zero-order valence-electron chi connectivity index (χ0n) is 19.2. The van der Waals surface area contributed by atoms with E-state index < -0.39 is 41.3 Å². The second kappa shape index (κ2) is 10.4. The van der Waals surface area contributed by atoms with E-state index in [2.05, 4.69) is 4.90 Å². The van der Waals surface area contributed by atoms with Gasteiger partial charge in [0.1, 0.15) is 5.75 Å². The third kappa shape index (κ3) is 7.11. The van der Waals surface area contributed by atoms with Crippen molar-refractivity contribution in [3.63, 3.8) is 0 Å². The summed E-state index contributed by atoms with van der Waals surface area (Å²) in [5.41, 5.74) is -0.330. The SMILES string of the molecule is Cc1cc(CN2CCN(Cc3ccc(C(F)(F)F)cc3)CC2)cc(C(F)(F)F)c1OC(C)C(=O)O. The number of nitrogens with zero attached hydrogens (tertiary/aromatic N) is 2. The number of piperazine rings is 1. The third-order valence-electron chi connectivity index (χ3n) is 5.84. The molecule has 0 aromatic heterocycles. The predicted octanol–water partition coefficient (Wildman–Crippen LogP) is 5.20. The van der Waals surface area contributed by atoms with Crippen molar-refractivity contribution in [1.82, 2.24) is 9.80 Å². The van der Waals surface area contributed by atoms with Gasteiger partial charge in [0.15, 0.2) is 6.10 Å². The Bertz CT molecular complexity index is 1030. The summed E-state index contributed by atoms with van der Waals surface area (Å²) < 4.78 is 84.3. The fourth-order valence-electron chi connectivity index (χ4n) is 3.96. The highest BCUT2D eigenvalue weighted by Gasteiger charge is 2.37. The number of aryl methyl sites for hydroxylation is 1. The molecule has 5 nitrogen and oxygen atoms in total. The molecular formula is C24H26F6N2O3. The molecule has 2 aromatic carbocycles. The lowest BCUT2D eigenvalue weighted by atomic mass is 10.0. The van der Waals surface area contributed by atoms with Crippen molar-refractivity contribution >= 4 is 5.97 Å². The standard InChI is InChI=1S/C24H26F6N2O3/c1-15-11-18(12-20(24(28,29)30)21(15)35-16(2)22(33)34)14-32-9-7-31(8-10-32)13-17-3-5-19(6-4-17)23(25,26)27/h3-6,11-12,16H,7-10,13-14H2,1-2H3,(H,33,34). The summed E-state index contributed by atoms with van der Waals surface area (Å²) in [6, 6.07) is 7.56. The molecule has 11 heteroatoms. The highest BCUT2D eigenvalue weighted by atomic mass is 19.4. The predicted molar refractivity (Wildman–Crippen MR) is 116 cm³/mol. The lowest BCUT2D eigenvalue weighted by Crippen LogP contribution is -2.45. The number of hydrogen-bond acceptors (Lipinski definition) is 4. The van der Waals surface area contributed by atoms with E-state index in [1.165, 1.54) is 26.0 Å². The van der Waals surface area contributed by atoms with Gasteiger partial charge in [-0.2, -0.15) is 26.3 Å². The summed E-state index contributed by atoms with van der Waals surface area (Å²) in [5, 5.41) is 9.00. The van der Waals surface area contributed by atoms with Crippen LogP contribution < -0.4 is 4.74 Å². The molecular weight excluding hydrogens is 478 g/mol. The molecule has 3 rings (SSSR count). The fourth-order valence-corrected chi connectivity index (χ4v) is 3.96. The van der Waals surface area contributed by atoms with Gasteiger partial charge in [0.25, 0.3) is 0 Å². The average molecular weight is 504 g/mol. The second-order valence-electron chi connectivity index (χ2n) is 8.63. The Morgan fingerprint density at radius 2 is 1.43 bits per heavy atom. The third-order valence-corrected chi connectivity index (χ3v) is 5.84. The van der Waals surface area contributed by atoms with Crippen LogP contribution in [-0.4, -0.2) is 53.2 Å². The first-order chi connectivity index (χ1) is 16.2. The molecule has 1 unspecified atom stereocenters. The minimum Gasteiger partial charge on any atom is -0.479 e. The minimum atomic E-state index is -4.71. The smallest absolute Gasteiger partial charge is 0.419 e. The Morgan fingerprint density at radius 1 is 0.914 bits per heavy atom. The number of carboxylic acid groups (broad SMARTS) is 1. The zero-order chi connectivity index (χ0) is 26.0. The molecule has 1 atom stereocenters. The van der Waals surface area contributed by atoms with Crippen molar-refractivity contribution in [3.8, 4) is 5.75 Å². The largest absolute Gasteiger partial charge is 0.479 e. The second-order valence-corrected chi connectivity index (χ2v) is 8.63. The molecule has 1 N–H and O–H groups in total. The van der Waals surface area contributed by atoms with Crippen LogP contribution in [0.1, 0.15) is 34.7 Å². The lowest BCUT2D eigenvalue weighted by Gasteiger charge is -2.35. The number of ether oxygens (including phenoxy) is 1. The van der Waals surface area contributed by atoms with Crippen LogP contribution >= 0.6 is 0 Å². The first-order valence-electron chi connectivity index (χ1n) is 10.9. The van der Waals surface area contributed by atoms with Crippen LogP contribution in [0.4, 0.5) is 26.3 Å². The van der Waals surface area contributed by atoms with Crippen molar-refractivity contribution < 1.29 is 41.0 Å². The summed E-state index contributed by atoms with van der Waals surface area (Å²) >= 11 is 0. The topological polar surface area (TPSA) is 53.0 Å². The van der Waals surface area contributed by atoms with E-state index in [0.717, 1.165) is 23.8 Å². The van der Waals surface area contributed by atoms with E-state index in [-0.39, 0.29) is 12.1 Å². The molecule has 0 radical (unpaired) electrons. The normalized spacial score (nSPS) is 16.8. The molecule has 0 aliphatic carbocycles. The van der Waals surface area contributed by atoms with Gasteiger partial charge in [-0.25, -0.2) is 4.79 Å². The zero-order valence-corrected chi connectivity index (χ0v) is 19.2. The Labute approximate surface area is 198 Å². The lowest BCUT2D eigenvalue weighted by molar-refractivity contribution is -0.147. The number of alkyl halides is 6. The van der Waals surface area contributed by atoms with Crippen molar-refractivity contribution in [2.75, 3.05) is 26.2 Å². The van der Waals surface area contributed by atoms with Crippen molar-refractivity contribution in [2.45, 2.75) is 45.4 Å². The minimum absolute atomic E-state index is 0.198. The van der Waals surface area contributed by atoms with E-state index in [1.54, 1.807) is 6.07 Å². The van der Waals surface area contributed by atoms with Crippen LogP contribution in [0, 0.1) is 6.92 Å². The number of carbonyl (C=O) groups is 1. The number of hydrogen-bond donors (Lipinski definition) is 1. The molecule has 1 aliphatic rings. The quantitative estimate of drug-likeness (QED) is 0.526. The molecule has 0 bridgehead atoms.